The maximum absolute atomic E-state index is 4.74. The van der Waals surface area contributed by atoms with E-state index in [1.54, 1.807) is 0 Å². The number of nitrogens with zero attached hydrogens (tertiary/aromatic N) is 2. The predicted molar refractivity (Wildman–Crippen MR) is 92.1 cm³/mol. The lowest BCUT2D eigenvalue weighted by Crippen LogP contribution is -2.32. The van der Waals surface area contributed by atoms with Crippen LogP contribution in [0.4, 0.5) is 0 Å². The number of hydrogen-bond donors (Lipinski definition) is 1. The van der Waals surface area contributed by atoms with Crippen LogP contribution < -0.4 is 5.32 Å². The van der Waals surface area contributed by atoms with Gasteiger partial charge in [0.15, 0.2) is 5.17 Å². The highest BCUT2D eigenvalue weighted by molar-refractivity contribution is 8.14. The summed E-state index contributed by atoms with van der Waals surface area (Å²) in [6.07, 6.45) is 5.23. The Bertz CT molecular complexity index is 454. The highest BCUT2D eigenvalue weighted by Gasteiger charge is 2.20. The zero-order valence-electron chi connectivity index (χ0n) is 12.6. The average Bonchev–Trinajstić information content (AvgIpc) is 2.97. The molecule has 2 aliphatic rings. The molecule has 1 aromatic carbocycles. The number of thioether (sulfide) groups is 1. The fourth-order valence-corrected chi connectivity index (χ4v) is 4.01. The first-order valence-corrected chi connectivity index (χ1v) is 9.09. The number of piperidine rings is 1. The van der Waals surface area contributed by atoms with Crippen LogP contribution in [-0.4, -0.2) is 48.0 Å². The van der Waals surface area contributed by atoms with Crippen molar-refractivity contribution in [3.63, 3.8) is 0 Å². The molecule has 2 heterocycles. The van der Waals surface area contributed by atoms with Crippen LogP contribution in [0.1, 0.15) is 24.8 Å². The molecule has 3 nitrogen and oxygen atoms in total. The maximum atomic E-state index is 4.74. The topological polar surface area (TPSA) is 27.6 Å². The van der Waals surface area contributed by atoms with Gasteiger partial charge in [-0.25, -0.2) is 0 Å². The van der Waals surface area contributed by atoms with E-state index in [-0.39, 0.29) is 0 Å². The van der Waals surface area contributed by atoms with Gasteiger partial charge in [0.1, 0.15) is 0 Å². The molecule has 0 radical (unpaired) electrons. The quantitative estimate of drug-likeness (QED) is 0.906. The van der Waals surface area contributed by atoms with Crippen molar-refractivity contribution < 1.29 is 0 Å². The normalized spacial score (nSPS) is 25.1. The molecular formula is C17H25N3S. The van der Waals surface area contributed by atoms with E-state index < -0.39 is 0 Å². The van der Waals surface area contributed by atoms with Gasteiger partial charge in [-0.15, -0.1) is 0 Å². The summed E-state index contributed by atoms with van der Waals surface area (Å²) in [5.41, 5.74) is 1.41. The van der Waals surface area contributed by atoms with Gasteiger partial charge >= 0.3 is 0 Å². The SMILES string of the molecule is c1ccc(CC2CSC(=NCCN3CCCCC3)N2)cc1. The van der Waals surface area contributed by atoms with E-state index in [1.807, 2.05) is 11.8 Å². The number of amidine groups is 1. The van der Waals surface area contributed by atoms with Crippen molar-refractivity contribution in [3.05, 3.63) is 35.9 Å². The van der Waals surface area contributed by atoms with E-state index >= 15 is 0 Å². The zero-order valence-corrected chi connectivity index (χ0v) is 13.4. The lowest BCUT2D eigenvalue weighted by atomic mass is 10.1. The Morgan fingerprint density at radius 2 is 1.95 bits per heavy atom. The first kappa shape index (κ1) is 14.9. The van der Waals surface area contributed by atoms with Crippen LogP contribution in [0.25, 0.3) is 0 Å². The van der Waals surface area contributed by atoms with Gasteiger partial charge in [-0.05, 0) is 37.9 Å². The number of aliphatic imine (C=N–C) groups is 1. The molecule has 0 amide bonds. The molecule has 1 unspecified atom stereocenters. The summed E-state index contributed by atoms with van der Waals surface area (Å²) in [6.45, 7) is 4.59. The summed E-state index contributed by atoms with van der Waals surface area (Å²) in [5.74, 6) is 1.14. The largest absolute Gasteiger partial charge is 0.361 e. The van der Waals surface area contributed by atoms with Crippen molar-refractivity contribution in [1.82, 2.24) is 10.2 Å². The highest BCUT2D eigenvalue weighted by atomic mass is 32.2. The van der Waals surface area contributed by atoms with Gasteiger partial charge < -0.3 is 10.2 Å². The summed E-state index contributed by atoms with van der Waals surface area (Å²) in [4.78, 5) is 7.29. The number of likely N-dealkylation sites (tertiary alicyclic amines) is 1. The third-order valence-electron chi connectivity index (χ3n) is 4.19. The van der Waals surface area contributed by atoms with Gasteiger partial charge in [0.2, 0.25) is 0 Å². The Morgan fingerprint density at radius 1 is 1.14 bits per heavy atom. The van der Waals surface area contributed by atoms with Crippen molar-refractivity contribution in [1.29, 1.82) is 0 Å². The van der Waals surface area contributed by atoms with E-state index in [0.29, 0.717) is 6.04 Å². The number of nitrogens with one attached hydrogen (secondary N) is 1. The molecule has 0 aliphatic carbocycles. The second-order valence-electron chi connectivity index (χ2n) is 5.93. The lowest BCUT2D eigenvalue weighted by molar-refractivity contribution is 0.235. The fraction of sp³-hybridized carbons (Fsp3) is 0.588. The molecule has 4 heteroatoms. The standard InChI is InChI=1S/C17H25N3S/c1-3-7-15(8-4-1)13-16-14-21-17(19-16)18-9-12-20-10-5-2-6-11-20/h1,3-4,7-8,16H,2,5-6,9-14H2,(H,18,19). The first-order chi connectivity index (χ1) is 10.4. The number of benzene rings is 1. The molecule has 0 aromatic heterocycles. The van der Waals surface area contributed by atoms with Gasteiger partial charge in [0, 0.05) is 18.3 Å². The van der Waals surface area contributed by atoms with Crippen LogP contribution in [-0.2, 0) is 6.42 Å². The van der Waals surface area contributed by atoms with Gasteiger partial charge in [0.05, 0.1) is 6.54 Å². The van der Waals surface area contributed by atoms with Crippen LogP contribution >= 0.6 is 11.8 Å². The second kappa shape index (κ2) is 7.85. The second-order valence-corrected chi connectivity index (χ2v) is 6.94. The van der Waals surface area contributed by atoms with E-state index in [4.69, 9.17) is 4.99 Å². The summed E-state index contributed by atoms with van der Waals surface area (Å²) in [7, 11) is 0. The molecule has 0 bridgehead atoms. The van der Waals surface area contributed by atoms with Crippen molar-refractivity contribution in [3.8, 4) is 0 Å². The molecule has 2 aliphatic heterocycles. The third-order valence-corrected chi connectivity index (χ3v) is 5.28. The van der Waals surface area contributed by atoms with Crippen molar-refractivity contribution in [2.24, 2.45) is 4.99 Å². The summed E-state index contributed by atoms with van der Waals surface area (Å²) < 4.78 is 0. The minimum atomic E-state index is 0.533. The zero-order chi connectivity index (χ0) is 14.3. The Kier molecular flexibility index (Phi) is 5.58. The minimum absolute atomic E-state index is 0.533. The smallest absolute Gasteiger partial charge is 0.156 e. The highest BCUT2D eigenvalue weighted by Crippen LogP contribution is 2.17. The number of hydrogen-bond acceptors (Lipinski definition) is 3. The van der Waals surface area contributed by atoms with Crippen LogP contribution in [0.5, 0.6) is 0 Å². The third kappa shape index (κ3) is 4.75. The molecule has 21 heavy (non-hydrogen) atoms. The average molecular weight is 303 g/mol. The Hall–Kier alpha value is -1.00. The minimum Gasteiger partial charge on any atom is -0.361 e. The van der Waals surface area contributed by atoms with E-state index in [2.05, 4.69) is 40.5 Å². The van der Waals surface area contributed by atoms with E-state index in [9.17, 15) is 0 Å². The molecule has 2 fully saturated rings. The molecule has 114 valence electrons. The van der Waals surface area contributed by atoms with Crippen LogP contribution in [0, 0.1) is 0 Å². The molecule has 2 saturated heterocycles. The molecule has 0 spiro atoms. The van der Waals surface area contributed by atoms with Crippen LogP contribution in [0.15, 0.2) is 35.3 Å². The number of rotatable bonds is 5. The van der Waals surface area contributed by atoms with Gasteiger partial charge in [-0.2, -0.15) is 0 Å². The molecule has 0 saturated carbocycles. The molecule has 3 rings (SSSR count). The maximum Gasteiger partial charge on any atom is 0.156 e. The molecular weight excluding hydrogens is 278 g/mol. The Balaban J connectivity index is 1.40. The van der Waals surface area contributed by atoms with Gasteiger partial charge in [-0.3, -0.25) is 4.99 Å². The van der Waals surface area contributed by atoms with E-state index in [0.717, 1.165) is 30.4 Å². The lowest BCUT2D eigenvalue weighted by Gasteiger charge is -2.25. The van der Waals surface area contributed by atoms with Gasteiger partial charge in [-0.1, -0.05) is 48.5 Å². The first-order valence-electron chi connectivity index (χ1n) is 8.10. The van der Waals surface area contributed by atoms with Crippen molar-refractivity contribution >= 4 is 16.9 Å². The van der Waals surface area contributed by atoms with E-state index in [1.165, 1.54) is 37.9 Å². The van der Waals surface area contributed by atoms with Crippen molar-refractivity contribution in [2.75, 3.05) is 31.9 Å². The fourth-order valence-electron chi connectivity index (χ4n) is 3.01. The predicted octanol–water partition coefficient (Wildman–Crippen LogP) is 2.78. The molecule has 1 aromatic rings. The summed E-state index contributed by atoms with van der Waals surface area (Å²) >= 11 is 1.88. The van der Waals surface area contributed by atoms with Crippen molar-refractivity contribution in [2.45, 2.75) is 31.7 Å². The van der Waals surface area contributed by atoms with Gasteiger partial charge in [0.25, 0.3) is 0 Å². The molecule has 1 atom stereocenters. The van der Waals surface area contributed by atoms with Crippen LogP contribution in [0.2, 0.25) is 0 Å². The summed E-state index contributed by atoms with van der Waals surface area (Å²) in [6, 6.07) is 11.3. The summed E-state index contributed by atoms with van der Waals surface area (Å²) in [5, 5.41) is 4.72. The van der Waals surface area contributed by atoms with Crippen LogP contribution in [0.3, 0.4) is 0 Å². The monoisotopic (exact) mass is 303 g/mol. The molecule has 1 N–H and O–H groups in total. The Morgan fingerprint density at radius 3 is 2.76 bits per heavy atom. The Labute approximate surface area is 132 Å².